The molecule has 0 aromatic heterocycles. The highest BCUT2D eigenvalue weighted by Gasteiger charge is 2.20. The largest absolute Gasteiger partial charge is 0.547 e. The molecule has 0 radical (unpaired) electrons. The average Bonchev–Trinajstić information content (AvgIpc) is 1.98. The predicted octanol–water partition coefficient (Wildman–Crippen LogP) is 0.234. The monoisotopic (exact) mass is 171 g/mol. The summed E-state index contributed by atoms with van der Waals surface area (Å²) < 4.78 is 0. The standard InChI is InChI=1S/C9H16O3/c1-3-4-5-6-7-9(2,12)8(10)11/h4-5,12H,3,6-7H2,1-2H3,(H,10,11)/p-1/b5-4+. The molecular weight excluding hydrogens is 156 g/mol. The van der Waals surface area contributed by atoms with Crippen molar-refractivity contribution in [3.63, 3.8) is 0 Å². The molecule has 0 bridgehead atoms. The molecule has 1 unspecified atom stereocenters. The van der Waals surface area contributed by atoms with Gasteiger partial charge < -0.3 is 15.0 Å². The molecular formula is C9H15O3-. The Morgan fingerprint density at radius 1 is 1.58 bits per heavy atom. The maximum atomic E-state index is 10.3. The van der Waals surface area contributed by atoms with Crippen molar-refractivity contribution in [1.29, 1.82) is 0 Å². The van der Waals surface area contributed by atoms with E-state index in [0.29, 0.717) is 6.42 Å². The number of carboxylic acid groups (broad SMARTS) is 1. The van der Waals surface area contributed by atoms with E-state index in [1.165, 1.54) is 6.92 Å². The summed E-state index contributed by atoms with van der Waals surface area (Å²) >= 11 is 0. The SMILES string of the molecule is CC/C=C/CCC(C)(O)C(=O)[O-]. The van der Waals surface area contributed by atoms with Crippen LogP contribution in [0, 0.1) is 0 Å². The van der Waals surface area contributed by atoms with Gasteiger partial charge in [-0.3, -0.25) is 0 Å². The molecule has 3 nitrogen and oxygen atoms in total. The number of allylic oxidation sites excluding steroid dienone is 2. The van der Waals surface area contributed by atoms with Gasteiger partial charge in [-0.2, -0.15) is 0 Å². The highest BCUT2D eigenvalue weighted by Crippen LogP contribution is 2.11. The molecule has 0 rings (SSSR count). The van der Waals surface area contributed by atoms with Crippen LogP contribution in [-0.4, -0.2) is 16.7 Å². The first kappa shape index (κ1) is 11.2. The van der Waals surface area contributed by atoms with E-state index in [9.17, 15) is 15.0 Å². The summed E-state index contributed by atoms with van der Waals surface area (Å²) in [4.78, 5) is 10.3. The minimum atomic E-state index is -1.70. The third-order valence-corrected chi connectivity index (χ3v) is 1.64. The molecule has 12 heavy (non-hydrogen) atoms. The van der Waals surface area contributed by atoms with Crippen LogP contribution in [0.3, 0.4) is 0 Å². The molecule has 3 heteroatoms. The van der Waals surface area contributed by atoms with Crippen molar-refractivity contribution in [2.75, 3.05) is 0 Å². The fourth-order valence-corrected chi connectivity index (χ4v) is 0.751. The van der Waals surface area contributed by atoms with Crippen LogP contribution in [0.2, 0.25) is 0 Å². The third kappa shape index (κ3) is 4.13. The van der Waals surface area contributed by atoms with Crippen LogP contribution in [0.15, 0.2) is 12.2 Å². The summed E-state index contributed by atoms with van der Waals surface area (Å²) in [6.07, 6.45) is 5.48. The zero-order chi connectivity index (χ0) is 9.61. The fraction of sp³-hybridized carbons (Fsp3) is 0.667. The van der Waals surface area contributed by atoms with E-state index in [-0.39, 0.29) is 6.42 Å². The van der Waals surface area contributed by atoms with Crippen molar-refractivity contribution >= 4 is 5.97 Å². The molecule has 0 aliphatic heterocycles. The van der Waals surface area contributed by atoms with Crippen molar-refractivity contribution < 1.29 is 15.0 Å². The Kier molecular flexibility index (Phi) is 4.59. The molecule has 0 aromatic carbocycles. The van der Waals surface area contributed by atoms with Crippen molar-refractivity contribution in [1.82, 2.24) is 0 Å². The van der Waals surface area contributed by atoms with E-state index in [4.69, 9.17) is 0 Å². The fourth-order valence-electron chi connectivity index (χ4n) is 0.751. The minimum absolute atomic E-state index is 0.200. The number of carboxylic acids is 1. The lowest BCUT2D eigenvalue weighted by Gasteiger charge is -2.23. The normalized spacial score (nSPS) is 16.2. The number of rotatable bonds is 5. The Morgan fingerprint density at radius 3 is 2.58 bits per heavy atom. The van der Waals surface area contributed by atoms with E-state index in [1.54, 1.807) is 0 Å². The second kappa shape index (κ2) is 4.93. The lowest BCUT2D eigenvalue weighted by atomic mass is 10.0. The lowest BCUT2D eigenvalue weighted by Crippen LogP contribution is -2.45. The van der Waals surface area contributed by atoms with E-state index in [2.05, 4.69) is 0 Å². The molecule has 0 aliphatic carbocycles. The Morgan fingerprint density at radius 2 is 2.17 bits per heavy atom. The summed E-state index contributed by atoms with van der Waals surface area (Å²) in [5.41, 5.74) is -1.70. The van der Waals surface area contributed by atoms with Gasteiger partial charge in [0.05, 0.1) is 5.97 Å². The zero-order valence-electron chi connectivity index (χ0n) is 7.54. The van der Waals surface area contributed by atoms with Gasteiger partial charge in [0, 0.05) is 0 Å². The van der Waals surface area contributed by atoms with Crippen LogP contribution < -0.4 is 5.11 Å². The van der Waals surface area contributed by atoms with Crippen molar-refractivity contribution in [2.45, 2.75) is 38.7 Å². The zero-order valence-corrected chi connectivity index (χ0v) is 7.54. The highest BCUT2D eigenvalue weighted by atomic mass is 16.4. The third-order valence-electron chi connectivity index (χ3n) is 1.64. The Hall–Kier alpha value is -0.830. The summed E-state index contributed by atoms with van der Waals surface area (Å²) in [7, 11) is 0. The summed E-state index contributed by atoms with van der Waals surface area (Å²) in [6, 6.07) is 0. The van der Waals surface area contributed by atoms with Gasteiger partial charge in [0.15, 0.2) is 0 Å². The van der Waals surface area contributed by atoms with Crippen molar-refractivity contribution in [2.24, 2.45) is 0 Å². The molecule has 0 heterocycles. The molecule has 1 atom stereocenters. The van der Waals surface area contributed by atoms with Gasteiger partial charge in [-0.1, -0.05) is 19.1 Å². The quantitative estimate of drug-likeness (QED) is 0.602. The number of hydrogen-bond donors (Lipinski definition) is 1. The van der Waals surface area contributed by atoms with E-state index < -0.39 is 11.6 Å². The van der Waals surface area contributed by atoms with Crippen LogP contribution in [0.1, 0.15) is 33.1 Å². The molecule has 0 spiro atoms. The predicted molar refractivity (Wildman–Crippen MR) is 44.3 cm³/mol. The number of carbonyl (C=O) groups excluding carboxylic acids is 1. The van der Waals surface area contributed by atoms with E-state index in [0.717, 1.165) is 6.42 Å². The van der Waals surface area contributed by atoms with Crippen LogP contribution in [0.5, 0.6) is 0 Å². The first-order valence-electron chi connectivity index (χ1n) is 4.09. The van der Waals surface area contributed by atoms with Crippen LogP contribution >= 0.6 is 0 Å². The maximum absolute atomic E-state index is 10.3. The molecule has 0 aliphatic rings. The molecule has 0 aromatic rings. The maximum Gasteiger partial charge on any atom is 0.101 e. The van der Waals surface area contributed by atoms with Gasteiger partial charge >= 0.3 is 0 Å². The number of aliphatic hydroxyl groups is 1. The van der Waals surface area contributed by atoms with Crippen molar-refractivity contribution in [3.05, 3.63) is 12.2 Å². The van der Waals surface area contributed by atoms with Crippen LogP contribution in [-0.2, 0) is 4.79 Å². The Labute approximate surface area is 72.7 Å². The second-order valence-corrected chi connectivity index (χ2v) is 2.98. The van der Waals surface area contributed by atoms with E-state index >= 15 is 0 Å². The molecule has 1 N–H and O–H groups in total. The van der Waals surface area contributed by atoms with Crippen LogP contribution in [0.4, 0.5) is 0 Å². The molecule has 70 valence electrons. The second-order valence-electron chi connectivity index (χ2n) is 2.98. The minimum Gasteiger partial charge on any atom is -0.547 e. The van der Waals surface area contributed by atoms with Gasteiger partial charge in [0.25, 0.3) is 0 Å². The number of hydrogen-bond acceptors (Lipinski definition) is 3. The van der Waals surface area contributed by atoms with Gasteiger partial charge in [-0.05, 0) is 26.2 Å². The Balaban J connectivity index is 3.76. The highest BCUT2D eigenvalue weighted by molar-refractivity contribution is 5.74. The smallest absolute Gasteiger partial charge is 0.101 e. The van der Waals surface area contributed by atoms with Gasteiger partial charge in [-0.25, -0.2) is 0 Å². The first-order valence-corrected chi connectivity index (χ1v) is 4.09. The number of aliphatic carboxylic acids is 1. The first-order chi connectivity index (χ1) is 5.50. The summed E-state index contributed by atoms with van der Waals surface area (Å²) in [5, 5.41) is 19.5. The number of carbonyl (C=O) groups is 1. The lowest BCUT2D eigenvalue weighted by molar-refractivity contribution is -0.323. The van der Waals surface area contributed by atoms with E-state index in [1.807, 2.05) is 19.1 Å². The molecule has 0 amide bonds. The summed E-state index contributed by atoms with van der Waals surface area (Å²) in [5.74, 6) is -1.41. The molecule has 0 saturated carbocycles. The molecule has 0 fully saturated rings. The van der Waals surface area contributed by atoms with Gasteiger partial charge in [0.2, 0.25) is 0 Å². The molecule has 0 saturated heterocycles. The average molecular weight is 171 g/mol. The van der Waals surface area contributed by atoms with Gasteiger partial charge in [-0.15, -0.1) is 0 Å². The van der Waals surface area contributed by atoms with Crippen LogP contribution in [0.25, 0.3) is 0 Å². The van der Waals surface area contributed by atoms with Gasteiger partial charge in [0.1, 0.15) is 5.60 Å². The topological polar surface area (TPSA) is 60.4 Å². The summed E-state index contributed by atoms with van der Waals surface area (Å²) in [6.45, 7) is 3.25. The van der Waals surface area contributed by atoms with Crippen molar-refractivity contribution in [3.8, 4) is 0 Å². The Bertz CT molecular complexity index is 171.